The average Bonchev–Trinajstić information content (AvgIpc) is 3.03. The van der Waals surface area contributed by atoms with Crippen LogP contribution in [0.4, 0.5) is 5.69 Å². The maximum absolute atomic E-state index is 11.5. The van der Waals surface area contributed by atoms with Crippen molar-refractivity contribution < 1.29 is 14.3 Å². The molecule has 0 saturated carbocycles. The zero-order chi connectivity index (χ0) is 17.8. The second-order valence-corrected chi connectivity index (χ2v) is 6.49. The lowest BCUT2D eigenvalue weighted by Gasteiger charge is -2.24. The molecule has 1 aliphatic heterocycles. The maximum atomic E-state index is 11.5. The van der Waals surface area contributed by atoms with E-state index in [0.29, 0.717) is 19.6 Å². The molecule has 1 heterocycles. The van der Waals surface area contributed by atoms with E-state index in [1.165, 1.54) is 23.8 Å². The van der Waals surface area contributed by atoms with Crippen molar-refractivity contribution in [2.45, 2.75) is 19.4 Å². The Balaban J connectivity index is 1.80. The number of esters is 1. The van der Waals surface area contributed by atoms with Gasteiger partial charge in [-0.05, 0) is 28.5 Å². The summed E-state index contributed by atoms with van der Waals surface area (Å²) in [5, 5.41) is 0. The van der Waals surface area contributed by atoms with E-state index in [0.717, 1.165) is 29.7 Å². The van der Waals surface area contributed by atoms with Crippen LogP contribution in [0.15, 0.2) is 36.4 Å². The van der Waals surface area contributed by atoms with Gasteiger partial charge < -0.3 is 14.4 Å². The first-order valence-corrected chi connectivity index (χ1v) is 8.71. The Morgan fingerprint density at radius 1 is 1.24 bits per heavy atom. The Morgan fingerprint density at radius 2 is 2.00 bits per heavy atom. The maximum Gasteiger partial charge on any atom is 0.307 e. The summed E-state index contributed by atoms with van der Waals surface area (Å²) in [5.74, 6) is 0.784. The molecule has 6 heteroatoms. The highest BCUT2D eigenvalue weighted by Crippen LogP contribution is 2.28. The van der Waals surface area contributed by atoms with E-state index < -0.39 is 0 Å². The summed E-state index contributed by atoms with van der Waals surface area (Å²) in [5.41, 5.74) is 6.05. The van der Waals surface area contributed by atoms with Crippen LogP contribution < -0.4 is 20.6 Å². The first-order chi connectivity index (χ1) is 12.1. The molecule has 0 spiro atoms. The predicted molar refractivity (Wildman–Crippen MR) is 106 cm³/mol. The molecule has 0 aromatic heterocycles. The van der Waals surface area contributed by atoms with Crippen LogP contribution in [0, 0.1) is 0 Å². The molecule has 0 amide bonds. The summed E-state index contributed by atoms with van der Waals surface area (Å²) in [6.45, 7) is 2.18. The molecule has 0 bridgehead atoms. The number of hydrogen-bond donors (Lipinski definition) is 0. The third kappa shape index (κ3) is 3.84. The predicted octanol–water partition coefficient (Wildman–Crippen LogP) is -0.292. The molecule has 2 aromatic carbocycles. The van der Waals surface area contributed by atoms with E-state index in [1.54, 1.807) is 0 Å². The minimum absolute atomic E-state index is 0.168. The number of ether oxygens (including phenoxy) is 2. The van der Waals surface area contributed by atoms with Gasteiger partial charge in [0.15, 0.2) is 0 Å². The van der Waals surface area contributed by atoms with Gasteiger partial charge in [-0.1, -0.05) is 36.4 Å². The van der Waals surface area contributed by atoms with Gasteiger partial charge in [-0.2, -0.15) is 0 Å². The second-order valence-electron chi connectivity index (χ2n) is 6.49. The van der Waals surface area contributed by atoms with Crippen LogP contribution >= 0.6 is 0 Å². The third-order valence-corrected chi connectivity index (χ3v) is 4.76. The molecule has 0 radical (unpaired) electrons. The van der Waals surface area contributed by atoms with Crippen LogP contribution in [0.2, 0.25) is 0 Å². The molecule has 0 fully saturated rings. The van der Waals surface area contributed by atoms with Gasteiger partial charge in [-0.3, -0.25) is 4.79 Å². The zero-order valence-corrected chi connectivity index (χ0v) is 15.2. The van der Waals surface area contributed by atoms with Crippen LogP contribution in [0.25, 0.3) is 0 Å². The molecular weight excluding hydrogens is 312 g/mol. The minimum atomic E-state index is -0.168. The molecule has 25 heavy (non-hydrogen) atoms. The van der Waals surface area contributed by atoms with E-state index in [4.69, 9.17) is 9.47 Å². The number of benzene rings is 2. The number of hydrogen-bond acceptors (Lipinski definition) is 4. The largest absolute Gasteiger partial charge is 0.490 e. The fourth-order valence-corrected chi connectivity index (χ4v) is 3.54. The fourth-order valence-electron chi connectivity index (χ4n) is 3.54. The van der Waals surface area contributed by atoms with Crippen LogP contribution in [0.1, 0.15) is 17.5 Å². The highest BCUT2D eigenvalue weighted by Gasteiger charge is 2.24. The molecule has 0 unspecified atom stereocenters. The van der Waals surface area contributed by atoms with Gasteiger partial charge in [0.1, 0.15) is 28.0 Å². The molecule has 128 valence electrons. The van der Waals surface area contributed by atoms with Crippen LogP contribution in [0.5, 0.6) is 5.75 Å². The molecule has 0 atom stereocenters. The van der Waals surface area contributed by atoms with Crippen molar-refractivity contribution in [3.63, 3.8) is 0 Å². The van der Waals surface area contributed by atoms with Crippen molar-refractivity contribution in [2.75, 3.05) is 25.1 Å². The fraction of sp³-hybridized carbons (Fsp3) is 0.316. The lowest BCUT2D eigenvalue weighted by Crippen LogP contribution is -2.30. The van der Waals surface area contributed by atoms with Crippen molar-refractivity contribution in [3.8, 4) is 5.75 Å². The number of methoxy groups -OCH3 is 1. The Kier molecular flexibility index (Phi) is 5.37. The van der Waals surface area contributed by atoms with Gasteiger partial charge >= 0.3 is 5.97 Å². The van der Waals surface area contributed by atoms with Crippen LogP contribution in [-0.4, -0.2) is 41.9 Å². The quantitative estimate of drug-likeness (QED) is 0.537. The highest BCUT2D eigenvalue weighted by atomic mass is 16.5. The Morgan fingerprint density at radius 3 is 2.72 bits per heavy atom. The topological polar surface area (TPSA) is 38.8 Å². The molecule has 0 saturated heterocycles. The summed E-state index contributed by atoms with van der Waals surface area (Å²) in [7, 11) is 5.65. The normalized spacial score (nSPS) is 12.8. The zero-order valence-electron chi connectivity index (χ0n) is 15.2. The Hall–Kier alpha value is -2.36. The van der Waals surface area contributed by atoms with Crippen molar-refractivity contribution in [1.82, 2.24) is 0 Å². The SMILES string of the molecule is Bc1cc2c(c(B)c1OCc1ccccc1)N(CCC(=O)OC)CC2. The summed E-state index contributed by atoms with van der Waals surface area (Å²) in [6, 6.07) is 12.4. The number of rotatable bonds is 6. The second kappa shape index (κ2) is 7.68. The average molecular weight is 335 g/mol. The summed E-state index contributed by atoms with van der Waals surface area (Å²) < 4.78 is 10.9. The van der Waals surface area contributed by atoms with Gasteiger partial charge in [0.25, 0.3) is 0 Å². The smallest absolute Gasteiger partial charge is 0.307 e. The Labute approximate surface area is 150 Å². The van der Waals surface area contributed by atoms with E-state index in [2.05, 4.69) is 38.8 Å². The van der Waals surface area contributed by atoms with E-state index in [-0.39, 0.29) is 5.97 Å². The van der Waals surface area contributed by atoms with Gasteiger partial charge in [-0.25, -0.2) is 0 Å². The third-order valence-electron chi connectivity index (χ3n) is 4.76. The van der Waals surface area contributed by atoms with Gasteiger partial charge in [0.2, 0.25) is 0 Å². The van der Waals surface area contributed by atoms with Gasteiger partial charge in [0, 0.05) is 18.8 Å². The number of anilines is 1. The molecular formula is C19H23B2NO3. The molecule has 0 aliphatic carbocycles. The van der Waals surface area contributed by atoms with Crippen molar-refractivity contribution in [1.29, 1.82) is 0 Å². The molecule has 0 N–H and O–H groups in total. The number of nitrogens with zero attached hydrogens (tertiary/aromatic N) is 1. The van der Waals surface area contributed by atoms with Crippen LogP contribution in [0.3, 0.4) is 0 Å². The first-order valence-electron chi connectivity index (χ1n) is 8.71. The number of carbonyl (C=O) groups excluding carboxylic acids is 1. The number of fused-ring (bicyclic) bond motifs is 1. The van der Waals surface area contributed by atoms with E-state index in [1.807, 2.05) is 18.2 Å². The summed E-state index contributed by atoms with van der Waals surface area (Å²) >= 11 is 0. The van der Waals surface area contributed by atoms with Crippen molar-refractivity contribution >= 4 is 38.3 Å². The van der Waals surface area contributed by atoms with Gasteiger partial charge in [-0.15, -0.1) is 0 Å². The highest BCUT2D eigenvalue weighted by molar-refractivity contribution is 6.44. The monoisotopic (exact) mass is 335 g/mol. The molecule has 3 rings (SSSR count). The van der Waals surface area contributed by atoms with Crippen molar-refractivity contribution in [3.05, 3.63) is 47.5 Å². The first kappa shape index (κ1) is 17.5. The van der Waals surface area contributed by atoms with Crippen LogP contribution in [-0.2, 0) is 22.6 Å². The minimum Gasteiger partial charge on any atom is -0.490 e. The van der Waals surface area contributed by atoms with Gasteiger partial charge in [0.05, 0.1) is 13.5 Å². The van der Waals surface area contributed by atoms with E-state index in [9.17, 15) is 4.79 Å². The van der Waals surface area contributed by atoms with E-state index >= 15 is 0 Å². The molecule has 2 aromatic rings. The summed E-state index contributed by atoms with van der Waals surface area (Å²) in [6.07, 6.45) is 1.42. The molecule has 4 nitrogen and oxygen atoms in total. The standard InChI is InChI=1S/C19H23B2NO3/c1-24-16(23)8-10-22-9-7-14-11-15(20)19(17(21)18(14)22)25-12-13-5-3-2-4-6-13/h2-6,11H,7-10,12,20-21H2,1H3. The lowest BCUT2D eigenvalue weighted by atomic mass is 9.82. The summed E-state index contributed by atoms with van der Waals surface area (Å²) in [4.78, 5) is 13.7. The van der Waals surface area contributed by atoms with Crippen molar-refractivity contribution in [2.24, 2.45) is 0 Å². The Bertz CT molecular complexity index is 765. The molecule has 1 aliphatic rings. The number of carbonyl (C=O) groups is 1. The lowest BCUT2D eigenvalue weighted by molar-refractivity contribution is -0.140.